The van der Waals surface area contributed by atoms with Gasteiger partial charge in [0.2, 0.25) is 0 Å². The van der Waals surface area contributed by atoms with Crippen molar-refractivity contribution in [3.63, 3.8) is 0 Å². The molecule has 12 heavy (non-hydrogen) atoms. The monoisotopic (exact) mass is 160 g/mol. The molecule has 0 aromatic carbocycles. The third kappa shape index (κ3) is 1.32. The van der Waals surface area contributed by atoms with Gasteiger partial charge in [-0.15, -0.1) is 0 Å². The third-order valence-electron chi connectivity index (χ3n) is 1.51. The summed E-state index contributed by atoms with van der Waals surface area (Å²) >= 11 is 0. The molecule has 1 aromatic rings. The highest BCUT2D eigenvalue weighted by molar-refractivity contribution is 5.57. The van der Waals surface area contributed by atoms with Gasteiger partial charge < -0.3 is 9.15 Å². The van der Waals surface area contributed by atoms with Gasteiger partial charge in [0.1, 0.15) is 0 Å². The van der Waals surface area contributed by atoms with Crippen LogP contribution in [0.4, 0.5) is 0 Å². The van der Waals surface area contributed by atoms with Gasteiger partial charge in [-0.25, -0.2) is 0 Å². The van der Waals surface area contributed by atoms with E-state index in [1.54, 1.807) is 12.5 Å². The van der Waals surface area contributed by atoms with Crippen LogP contribution in [0.15, 0.2) is 53.4 Å². The van der Waals surface area contributed by atoms with Crippen LogP contribution in [0, 0.1) is 0 Å². The van der Waals surface area contributed by atoms with Crippen LogP contribution < -0.4 is 0 Å². The quantitative estimate of drug-likeness (QED) is 0.630. The number of furan rings is 1. The number of allylic oxidation sites excluding steroid dienone is 4. The zero-order valence-electron chi connectivity index (χ0n) is 6.44. The highest BCUT2D eigenvalue weighted by Gasteiger charge is 2.03. The second kappa shape index (κ2) is 3.13. The molecule has 60 valence electrons. The van der Waals surface area contributed by atoms with E-state index in [0.717, 1.165) is 11.5 Å². The Morgan fingerprint density at radius 2 is 2.08 bits per heavy atom. The zero-order valence-corrected chi connectivity index (χ0v) is 6.44. The average molecular weight is 160 g/mol. The molecule has 1 aromatic heterocycles. The molecule has 0 aliphatic carbocycles. The maximum absolute atomic E-state index is 5.27. The van der Waals surface area contributed by atoms with Gasteiger partial charge in [-0.2, -0.15) is 0 Å². The van der Waals surface area contributed by atoms with E-state index in [-0.39, 0.29) is 0 Å². The van der Waals surface area contributed by atoms with Crippen molar-refractivity contribution < 1.29 is 9.15 Å². The lowest BCUT2D eigenvalue weighted by atomic mass is 10.3. The normalized spacial score (nSPS) is 15.2. The Hall–Kier alpha value is -1.70. The van der Waals surface area contributed by atoms with Crippen LogP contribution in [0.2, 0.25) is 0 Å². The molecule has 0 saturated heterocycles. The lowest BCUT2D eigenvalue weighted by Crippen LogP contribution is -1.80. The molecule has 0 saturated carbocycles. The van der Waals surface area contributed by atoms with E-state index in [0.29, 0.717) is 0 Å². The van der Waals surface area contributed by atoms with Crippen LogP contribution in [0.25, 0.3) is 5.76 Å². The molecule has 0 fully saturated rings. The van der Waals surface area contributed by atoms with E-state index in [4.69, 9.17) is 9.15 Å². The Bertz CT molecular complexity index is 329. The summed E-state index contributed by atoms with van der Waals surface area (Å²) in [6, 6.07) is 3.69. The van der Waals surface area contributed by atoms with E-state index >= 15 is 0 Å². The summed E-state index contributed by atoms with van der Waals surface area (Å²) in [6.07, 6.45) is 10.7. The lowest BCUT2D eigenvalue weighted by molar-refractivity contribution is 0.409. The Balaban J connectivity index is 2.30. The predicted octanol–water partition coefficient (Wildman–Crippen LogP) is 2.72. The first-order valence-corrected chi connectivity index (χ1v) is 3.71. The first-order chi connectivity index (χ1) is 5.97. The molecule has 0 unspecified atom stereocenters. The summed E-state index contributed by atoms with van der Waals surface area (Å²) in [6.45, 7) is 0. The molecule has 0 N–H and O–H groups in total. The topological polar surface area (TPSA) is 22.4 Å². The second-order valence-corrected chi connectivity index (χ2v) is 2.34. The summed E-state index contributed by atoms with van der Waals surface area (Å²) in [5.74, 6) is 1.47. The first kappa shape index (κ1) is 6.98. The second-order valence-electron chi connectivity index (χ2n) is 2.34. The minimum absolute atomic E-state index is 0.727. The highest BCUT2D eigenvalue weighted by Crippen LogP contribution is 2.17. The third-order valence-corrected chi connectivity index (χ3v) is 1.51. The molecule has 2 heteroatoms. The average Bonchev–Trinajstić information content (AvgIpc) is 2.48. The van der Waals surface area contributed by atoms with Crippen LogP contribution >= 0.6 is 0 Å². The predicted molar refractivity (Wildman–Crippen MR) is 46.1 cm³/mol. The molecule has 0 atom stereocenters. The standard InChI is InChI=1S/C10H8O2/c1-2-5-9(11-7-3-1)10-6-4-8-12-10/h1-8H. The highest BCUT2D eigenvalue weighted by atomic mass is 16.5. The van der Waals surface area contributed by atoms with Crippen molar-refractivity contribution in [1.82, 2.24) is 0 Å². The van der Waals surface area contributed by atoms with Crippen molar-refractivity contribution in [3.8, 4) is 0 Å². The zero-order chi connectivity index (χ0) is 8.23. The molecule has 0 spiro atoms. The van der Waals surface area contributed by atoms with E-state index < -0.39 is 0 Å². The van der Waals surface area contributed by atoms with Gasteiger partial charge in [-0.3, -0.25) is 0 Å². The fraction of sp³-hybridized carbons (Fsp3) is 0. The minimum Gasteiger partial charge on any atom is -0.461 e. The summed E-state index contributed by atoms with van der Waals surface area (Å²) in [7, 11) is 0. The van der Waals surface area contributed by atoms with E-state index in [9.17, 15) is 0 Å². The maximum atomic E-state index is 5.27. The van der Waals surface area contributed by atoms with Crippen LogP contribution in [-0.2, 0) is 4.74 Å². The molecule has 0 amide bonds. The molecule has 2 nitrogen and oxygen atoms in total. The van der Waals surface area contributed by atoms with Crippen molar-refractivity contribution in [2.24, 2.45) is 0 Å². The van der Waals surface area contributed by atoms with E-state index in [2.05, 4.69) is 0 Å². The van der Waals surface area contributed by atoms with Gasteiger partial charge >= 0.3 is 0 Å². The maximum Gasteiger partial charge on any atom is 0.169 e. The van der Waals surface area contributed by atoms with E-state index in [1.807, 2.05) is 36.4 Å². The Kier molecular flexibility index (Phi) is 1.82. The van der Waals surface area contributed by atoms with Crippen molar-refractivity contribution >= 4 is 5.76 Å². The number of ether oxygens (including phenoxy) is 1. The van der Waals surface area contributed by atoms with Crippen molar-refractivity contribution in [2.45, 2.75) is 0 Å². The van der Waals surface area contributed by atoms with Crippen molar-refractivity contribution in [1.29, 1.82) is 0 Å². The number of rotatable bonds is 1. The largest absolute Gasteiger partial charge is 0.461 e. The van der Waals surface area contributed by atoms with Crippen molar-refractivity contribution in [3.05, 3.63) is 54.7 Å². The summed E-state index contributed by atoms with van der Waals surface area (Å²) < 4.78 is 10.4. The number of hydrogen-bond acceptors (Lipinski definition) is 2. The van der Waals surface area contributed by atoms with Crippen molar-refractivity contribution in [2.75, 3.05) is 0 Å². The molecule has 1 aliphatic heterocycles. The molecule has 0 bridgehead atoms. The van der Waals surface area contributed by atoms with Crippen LogP contribution in [0.3, 0.4) is 0 Å². The van der Waals surface area contributed by atoms with Crippen LogP contribution in [0.1, 0.15) is 5.76 Å². The van der Waals surface area contributed by atoms with Gasteiger partial charge in [0.15, 0.2) is 11.5 Å². The first-order valence-electron chi connectivity index (χ1n) is 3.71. The molecular weight excluding hydrogens is 152 g/mol. The molecule has 2 heterocycles. The molecule has 0 radical (unpaired) electrons. The summed E-state index contributed by atoms with van der Waals surface area (Å²) in [5.41, 5.74) is 0. The fourth-order valence-electron chi connectivity index (χ4n) is 0.963. The lowest BCUT2D eigenvalue weighted by Gasteiger charge is -1.99. The summed E-state index contributed by atoms with van der Waals surface area (Å²) in [4.78, 5) is 0. The number of hydrogen-bond donors (Lipinski definition) is 0. The van der Waals surface area contributed by atoms with Crippen LogP contribution in [-0.4, -0.2) is 0 Å². The van der Waals surface area contributed by atoms with Crippen LogP contribution in [0.5, 0.6) is 0 Å². The van der Waals surface area contributed by atoms with Gasteiger partial charge in [0, 0.05) is 0 Å². The molecule has 1 aliphatic rings. The van der Waals surface area contributed by atoms with Gasteiger partial charge in [-0.1, -0.05) is 12.2 Å². The Morgan fingerprint density at radius 1 is 1.08 bits per heavy atom. The molecular formula is C10H8O2. The van der Waals surface area contributed by atoms with E-state index in [1.165, 1.54) is 0 Å². The summed E-state index contributed by atoms with van der Waals surface area (Å²) in [5, 5.41) is 0. The van der Waals surface area contributed by atoms with Gasteiger partial charge in [0.25, 0.3) is 0 Å². The fourth-order valence-corrected chi connectivity index (χ4v) is 0.963. The van der Waals surface area contributed by atoms with Gasteiger partial charge in [0.05, 0.1) is 12.5 Å². The minimum atomic E-state index is 0.727. The van der Waals surface area contributed by atoms with Gasteiger partial charge in [-0.05, 0) is 24.3 Å². The Labute approximate surface area is 70.5 Å². The molecule has 2 rings (SSSR count). The SMILES string of the molecule is C1=CC=C(c2ccco2)OC=C1. The Morgan fingerprint density at radius 3 is 2.92 bits per heavy atom. The smallest absolute Gasteiger partial charge is 0.169 e.